The molecule has 16 heavy (non-hydrogen) atoms. The van der Waals surface area contributed by atoms with Crippen LogP contribution >= 0.6 is 0 Å². The van der Waals surface area contributed by atoms with Gasteiger partial charge in [0, 0.05) is 6.42 Å². The van der Waals surface area contributed by atoms with Gasteiger partial charge in [-0.3, -0.25) is 0 Å². The third kappa shape index (κ3) is 3.89. The number of nitrogens with two attached hydrogens (primary N) is 1. The zero-order chi connectivity index (χ0) is 12.2. The van der Waals surface area contributed by atoms with Crippen molar-refractivity contribution >= 4 is 0 Å². The van der Waals surface area contributed by atoms with E-state index >= 15 is 0 Å². The molecule has 2 N–H and O–H groups in total. The number of halogens is 2. The molecule has 0 aliphatic carbocycles. The molecule has 0 saturated heterocycles. The third-order valence-corrected chi connectivity index (χ3v) is 2.69. The van der Waals surface area contributed by atoms with Gasteiger partial charge in [-0.2, -0.15) is 0 Å². The van der Waals surface area contributed by atoms with E-state index in [2.05, 4.69) is 0 Å². The summed E-state index contributed by atoms with van der Waals surface area (Å²) in [5.74, 6) is -2.41. The van der Waals surface area contributed by atoms with E-state index in [4.69, 9.17) is 5.73 Å². The second-order valence-electron chi connectivity index (χ2n) is 4.42. The van der Waals surface area contributed by atoms with Crippen LogP contribution in [0.4, 0.5) is 8.78 Å². The third-order valence-electron chi connectivity index (χ3n) is 2.69. The first-order valence-electron chi connectivity index (χ1n) is 5.59. The summed E-state index contributed by atoms with van der Waals surface area (Å²) >= 11 is 0. The molecule has 1 atom stereocenters. The van der Waals surface area contributed by atoms with Crippen LogP contribution in [0.2, 0.25) is 0 Å². The molecular formula is C13H19F2N. The lowest BCUT2D eigenvalue weighted by molar-refractivity contribution is 0.0223. The highest BCUT2D eigenvalue weighted by atomic mass is 19.3. The highest BCUT2D eigenvalue weighted by Crippen LogP contribution is 2.27. The van der Waals surface area contributed by atoms with Crippen LogP contribution in [0.25, 0.3) is 0 Å². The van der Waals surface area contributed by atoms with Gasteiger partial charge in [0.15, 0.2) is 0 Å². The van der Waals surface area contributed by atoms with Crippen molar-refractivity contribution in [2.45, 2.75) is 38.5 Å². The molecule has 0 aliphatic heterocycles. The summed E-state index contributed by atoms with van der Waals surface area (Å²) in [6, 6.07) is 7.39. The molecule has 90 valence electrons. The van der Waals surface area contributed by atoms with Gasteiger partial charge in [0.05, 0.1) is 0 Å². The fourth-order valence-electron chi connectivity index (χ4n) is 1.92. The number of hydrogen-bond donors (Lipinski definition) is 1. The first kappa shape index (κ1) is 13.1. The fraction of sp³-hybridized carbons (Fsp3) is 0.538. The Bertz CT molecular complexity index is 331. The number of hydrogen-bond acceptors (Lipinski definition) is 1. The van der Waals surface area contributed by atoms with Crippen LogP contribution in [-0.4, -0.2) is 12.5 Å². The molecule has 0 aromatic heterocycles. The minimum atomic E-state index is -2.65. The lowest BCUT2D eigenvalue weighted by atomic mass is 9.91. The quantitative estimate of drug-likeness (QED) is 0.820. The van der Waals surface area contributed by atoms with E-state index in [0.29, 0.717) is 6.54 Å². The van der Waals surface area contributed by atoms with Gasteiger partial charge >= 0.3 is 0 Å². The molecule has 1 aromatic carbocycles. The molecule has 1 rings (SSSR count). The van der Waals surface area contributed by atoms with E-state index < -0.39 is 5.92 Å². The van der Waals surface area contributed by atoms with Gasteiger partial charge in [-0.05, 0) is 36.9 Å². The monoisotopic (exact) mass is 227 g/mol. The molecule has 1 unspecified atom stereocenters. The fourth-order valence-corrected chi connectivity index (χ4v) is 1.92. The maximum Gasteiger partial charge on any atom is 0.249 e. The predicted molar refractivity (Wildman–Crippen MR) is 62.9 cm³/mol. The second-order valence-corrected chi connectivity index (χ2v) is 4.42. The smallest absolute Gasteiger partial charge is 0.249 e. The second kappa shape index (κ2) is 5.39. The number of rotatable bonds is 5. The van der Waals surface area contributed by atoms with Gasteiger partial charge in [0.2, 0.25) is 5.92 Å². The van der Waals surface area contributed by atoms with Crippen molar-refractivity contribution in [3.63, 3.8) is 0 Å². The molecule has 0 radical (unpaired) electrons. The van der Waals surface area contributed by atoms with Crippen LogP contribution in [-0.2, 0) is 6.42 Å². The Morgan fingerprint density at radius 2 is 1.94 bits per heavy atom. The van der Waals surface area contributed by atoms with Crippen LogP contribution in [0.15, 0.2) is 24.3 Å². The highest BCUT2D eigenvalue weighted by Gasteiger charge is 2.23. The summed E-state index contributed by atoms with van der Waals surface area (Å²) in [6.07, 6.45) is 0.629. The van der Waals surface area contributed by atoms with Crippen molar-refractivity contribution in [2.75, 3.05) is 6.54 Å². The topological polar surface area (TPSA) is 26.0 Å². The maximum absolute atomic E-state index is 13.0. The SMILES string of the molecule is CC(CCN)c1ccccc1CC(C)(F)F. The summed E-state index contributed by atoms with van der Waals surface area (Å²) in [5, 5.41) is 0. The van der Waals surface area contributed by atoms with Crippen LogP contribution in [0.5, 0.6) is 0 Å². The molecule has 1 nitrogen and oxygen atoms in total. The van der Waals surface area contributed by atoms with Gasteiger partial charge in [0.1, 0.15) is 0 Å². The van der Waals surface area contributed by atoms with E-state index in [-0.39, 0.29) is 12.3 Å². The number of benzene rings is 1. The summed E-state index contributed by atoms with van der Waals surface area (Å²) in [6.45, 7) is 3.56. The van der Waals surface area contributed by atoms with Gasteiger partial charge < -0.3 is 5.73 Å². The summed E-state index contributed by atoms with van der Waals surface area (Å²) in [4.78, 5) is 0. The summed E-state index contributed by atoms with van der Waals surface area (Å²) in [7, 11) is 0. The van der Waals surface area contributed by atoms with E-state index in [9.17, 15) is 8.78 Å². The average molecular weight is 227 g/mol. The summed E-state index contributed by atoms with van der Waals surface area (Å²) < 4.78 is 26.0. The maximum atomic E-state index is 13.0. The van der Waals surface area contributed by atoms with Crippen molar-refractivity contribution in [2.24, 2.45) is 5.73 Å². The van der Waals surface area contributed by atoms with E-state index in [1.54, 1.807) is 12.1 Å². The van der Waals surface area contributed by atoms with Crippen LogP contribution in [0.1, 0.15) is 37.3 Å². The van der Waals surface area contributed by atoms with Crippen molar-refractivity contribution in [1.82, 2.24) is 0 Å². The normalized spacial score (nSPS) is 13.8. The van der Waals surface area contributed by atoms with Crippen LogP contribution < -0.4 is 5.73 Å². The van der Waals surface area contributed by atoms with Gasteiger partial charge in [0.25, 0.3) is 0 Å². The Hall–Kier alpha value is -0.960. The molecule has 3 heteroatoms. The highest BCUT2D eigenvalue weighted by molar-refractivity contribution is 5.31. The lowest BCUT2D eigenvalue weighted by Gasteiger charge is -2.18. The van der Waals surface area contributed by atoms with E-state index in [1.165, 1.54) is 0 Å². The van der Waals surface area contributed by atoms with E-state index in [0.717, 1.165) is 24.5 Å². The summed E-state index contributed by atoms with van der Waals surface area (Å²) in [5.41, 5.74) is 7.22. The predicted octanol–water partition coefficient (Wildman–Crippen LogP) is 3.34. The molecule has 1 aromatic rings. The Morgan fingerprint density at radius 3 is 2.50 bits per heavy atom. The first-order valence-corrected chi connectivity index (χ1v) is 5.59. The van der Waals surface area contributed by atoms with Gasteiger partial charge in [-0.15, -0.1) is 0 Å². The molecule has 0 bridgehead atoms. The molecule has 0 heterocycles. The van der Waals surface area contributed by atoms with Crippen LogP contribution in [0.3, 0.4) is 0 Å². The van der Waals surface area contributed by atoms with E-state index in [1.807, 2.05) is 19.1 Å². The minimum absolute atomic E-state index is 0.196. The molecule has 0 amide bonds. The Morgan fingerprint density at radius 1 is 1.31 bits per heavy atom. The van der Waals surface area contributed by atoms with Crippen LogP contribution in [0, 0.1) is 0 Å². The molecule has 0 fully saturated rings. The van der Waals surface area contributed by atoms with Gasteiger partial charge in [-0.1, -0.05) is 31.2 Å². The largest absolute Gasteiger partial charge is 0.330 e. The Balaban J connectivity index is 2.91. The van der Waals surface area contributed by atoms with Crippen molar-refractivity contribution in [3.05, 3.63) is 35.4 Å². The van der Waals surface area contributed by atoms with Crippen molar-refractivity contribution in [3.8, 4) is 0 Å². The zero-order valence-electron chi connectivity index (χ0n) is 9.84. The molecular weight excluding hydrogens is 208 g/mol. The lowest BCUT2D eigenvalue weighted by Crippen LogP contribution is -2.16. The minimum Gasteiger partial charge on any atom is -0.330 e. The number of alkyl halides is 2. The molecule has 0 spiro atoms. The average Bonchev–Trinajstić information content (AvgIpc) is 2.16. The Kier molecular flexibility index (Phi) is 4.42. The zero-order valence-corrected chi connectivity index (χ0v) is 9.84. The molecule has 0 saturated carbocycles. The Labute approximate surface area is 95.7 Å². The van der Waals surface area contributed by atoms with Crippen molar-refractivity contribution in [1.29, 1.82) is 0 Å². The standard InChI is InChI=1S/C13H19F2N/c1-10(7-8-16)12-6-4-3-5-11(12)9-13(2,14)15/h3-6,10H,7-9,16H2,1-2H3. The van der Waals surface area contributed by atoms with Gasteiger partial charge in [-0.25, -0.2) is 8.78 Å². The van der Waals surface area contributed by atoms with Crippen molar-refractivity contribution < 1.29 is 8.78 Å². The molecule has 0 aliphatic rings. The first-order chi connectivity index (χ1) is 7.44.